The third-order valence-electron chi connectivity index (χ3n) is 5.59. The number of Topliss-reactive ketones (excluding diaryl/α,β-unsaturated/α-hetero) is 1. The van der Waals surface area contributed by atoms with Crippen LogP contribution >= 0.6 is 23.2 Å². The van der Waals surface area contributed by atoms with Crippen LogP contribution < -0.4 is 26.2 Å². The summed E-state index contributed by atoms with van der Waals surface area (Å²) in [4.78, 5) is 12.8. The van der Waals surface area contributed by atoms with Crippen LogP contribution in [0.2, 0.25) is 10.0 Å². The zero-order valence-electron chi connectivity index (χ0n) is 15.5. The van der Waals surface area contributed by atoms with Gasteiger partial charge in [-0.15, -0.1) is 0 Å². The molecule has 0 amide bonds. The Morgan fingerprint density at radius 3 is 2.66 bits per heavy atom. The minimum Gasteiger partial charge on any atom is -0.457 e. The summed E-state index contributed by atoms with van der Waals surface area (Å²) in [6, 6.07) is 13.0. The smallest absolute Gasteiger partial charge is 0.175 e. The van der Waals surface area contributed by atoms with Gasteiger partial charge in [0, 0.05) is 46.2 Å². The van der Waals surface area contributed by atoms with Gasteiger partial charge in [0.2, 0.25) is 0 Å². The molecule has 1 fully saturated rings. The quantitative estimate of drug-likeness (QED) is 0.599. The fraction of sp³-hybridized carbons (Fsp3) is 0.286. The van der Waals surface area contributed by atoms with Gasteiger partial charge in [0.1, 0.15) is 11.5 Å². The molecule has 4 N–H and O–H groups in total. The molecule has 1 saturated heterocycles. The molecule has 3 aliphatic rings. The Morgan fingerprint density at radius 1 is 1.00 bits per heavy atom. The Kier molecular flexibility index (Phi) is 4.97. The molecule has 150 valence electrons. The van der Waals surface area contributed by atoms with Crippen molar-refractivity contribution < 1.29 is 9.53 Å². The predicted molar refractivity (Wildman–Crippen MR) is 112 cm³/mol. The number of halogens is 2. The number of ketones is 1. The van der Waals surface area contributed by atoms with Crippen LogP contribution in [0.5, 0.6) is 11.5 Å². The molecule has 3 atom stereocenters. The number of carbonyl (C=O) groups excluding carboxylic acids is 1. The summed E-state index contributed by atoms with van der Waals surface area (Å²) in [6.45, 7) is 1.81. The Labute approximate surface area is 178 Å². The molecule has 29 heavy (non-hydrogen) atoms. The number of ether oxygens (including phenoxy) is 1. The minimum atomic E-state index is -0.0140. The fourth-order valence-corrected chi connectivity index (χ4v) is 4.93. The molecule has 3 aliphatic heterocycles. The Bertz CT molecular complexity index is 990. The summed E-state index contributed by atoms with van der Waals surface area (Å²) in [5.74, 6) is 1.59. The van der Waals surface area contributed by atoms with Crippen LogP contribution in [0.4, 0.5) is 0 Å². The topological polar surface area (TPSA) is 74.4 Å². The molecule has 3 unspecified atom stereocenters. The van der Waals surface area contributed by atoms with E-state index < -0.39 is 0 Å². The number of hydrogen-bond acceptors (Lipinski definition) is 6. The predicted octanol–water partition coefficient (Wildman–Crippen LogP) is 2.95. The monoisotopic (exact) mass is 430 g/mol. The maximum atomic E-state index is 12.8. The van der Waals surface area contributed by atoms with Crippen LogP contribution in [-0.2, 0) is 4.79 Å². The lowest BCUT2D eigenvalue weighted by atomic mass is 9.74. The summed E-state index contributed by atoms with van der Waals surface area (Å²) in [5, 5.41) is 7.68. The molecule has 0 saturated carbocycles. The van der Waals surface area contributed by atoms with Crippen molar-refractivity contribution in [1.29, 1.82) is 0 Å². The largest absolute Gasteiger partial charge is 0.457 e. The summed E-state index contributed by atoms with van der Waals surface area (Å²) in [5.41, 5.74) is 9.40. The van der Waals surface area contributed by atoms with Gasteiger partial charge >= 0.3 is 0 Å². The van der Waals surface area contributed by atoms with Crippen molar-refractivity contribution in [3.05, 3.63) is 69.3 Å². The second-order valence-electron chi connectivity index (χ2n) is 7.49. The molecule has 0 spiro atoms. The normalized spacial score (nSPS) is 26.0. The molecule has 5 rings (SSSR count). The fourth-order valence-electron chi connectivity index (χ4n) is 4.43. The Morgan fingerprint density at radius 2 is 1.83 bits per heavy atom. The van der Waals surface area contributed by atoms with E-state index in [9.17, 15) is 4.79 Å². The Balaban J connectivity index is 1.52. The minimum absolute atomic E-state index is 0.0140. The molecule has 0 aromatic heterocycles. The SMILES string of the molecule is O=C1CNCC2=C1C(c1cccc(Oc3cc(Cl)cc(Cl)c3)c1)C1CNNC1N2. The van der Waals surface area contributed by atoms with Gasteiger partial charge in [-0.25, -0.2) is 5.43 Å². The van der Waals surface area contributed by atoms with Crippen molar-refractivity contribution in [2.75, 3.05) is 19.6 Å². The van der Waals surface area contributed by atoms with Gasteiger partial charge in [-0.2, -0.15) is 0 Å². The highest BCUT2D eigenvalue weighted by Crippen LogP contribution is 2.41. The average molecular weight is 431 g/mol. The van der Waals surface area contributed by atoms with E-state index in [-0.39, 0.29) is 23.8 Å². The van der Waals surface area contributed by atoms with E-state index in [4.69, 9.17) is 27.9 Å². The highest BCUT2D eigenvalue weighted by atomic mass is 35.5. The molecule has 0 radical (unpaired) electrons. The number of rotatable bonds is 3. The van der Waals surface area contributed by atoms with Crippen LogP contribution in [0, 0.1) is 5.92 Å². The van der Waals surface area contributed by atoms with Gasteiger partial charge in [0.25, 0.3) is 0 Å². The number of hydrogen-bond donors (Lipinski definition) is 4. The van der Waals surface area contributed by atoms with Crippen molar-refractivity contribution in [2.24, 2.45) is 5.92 Å². The number of hydrazine groups is 1. The van der Waals surface area contributed by atoms with Gasteiger partial charge in [-0.05, 0) is 35.9 Å². The second kappa shape index (κ2) is 7.63. The van der Waals surface area contributed by atoms with Gasteiger partial charge in [0.15, 0.2) is 5.78 Å². The molecule has 0 bridgehead atoms. The van der Waals surface area contributed by atoms with E-state index in [1.165, 1.54) is 0 Å². The summed E-state index contributed by atoms with van der Waals surface area (Å²) in [7, 11) is 0. The van der Waals surface area contributed by atoms with Crippen molar-refractivity contribution in [3.8, 4) is 11.5 Å². The van der Waals surface area contributed by atoms with E-state index in [1.807, 2.05) is 18.2 Å². The lowest BCUT2D eigenvalue weighted by Crippen LogP contribution is -2.53. The van der Waals surface area contributed by atoms with E-state index >= 15 is 0 Å². The highest BCUT2D eigenvalue weighted by Gasteiger charge is 2.44. The Hall–Kier alpha value is -2.09. The summed E-state index contributed by atoms with van der Waals surface area (Å²) >= 11 is 12.2. The first kappa shape index (κ1) is 18.9. The zero-order chi connectivity index (χ0) is 20.0. The molecule has 3 heterocycles. The molecule has 2 aromatic carbocycles. The van der Waals surface area contributed by atoms with Crippen LogP contribution in [0.1, 0.15) is 11.5 Å². The van der Waals surface area contributed by atoms with E-state index in [2.05, 4.69) is 27.6 Å². The molecule has 2 aromatic rings. The number of nitrogens with one attached hydrogen (secondary N) is 4. The van der Waals surface area contributed by atoms with Crippen LogP contribution in [0.25, 0.3) is 0 Å². The molecule has 0 aliphatic carbocycles. The van der Waals surface area contributed by atoms with E-state index in [1.54, 1.807) is 18.2 Å². The highest BCUT2D eigenvalue weighted by molar-refractivity contribution is 6.34. The molecular weight excluding hydrogens is 411 g/mol. The lowest BCUT2D eigenvalue weighted by molar-refractivity contribution is -0.115. The maximum absolute atomic E-state index is 12.8. The standard InChI is InChI=1S/C21H20Cl2N4O2/c22-12-5-13(23)7-15(6-12)29-14-3-1-2-11(4-14)19-16-8-25-27-21(16)26-17-9-24-10-18(28)20(17)19/h1-7,16,19,21,24-27H,8-10H2. The van der Waals surface area contributed by atoms with E-state index in [0.717, 1.165) is 23.4 Å². The average Bonchev–Trinajstić information content (AvgIpc) is 3.14. The van der Waals surface area contributed by atoms with Crippen LogP contribution in [-0.4, -0.2) is 31.6 Å². The number of carbonyl (C=O) groups is 1. The first-order valence-electron chi connectivity index (χ1n) is 9.54. The van der Waals surface area contributed by atoms with Crippen molar-refractivity contribution in [3.63, 3.8) is 0 Å². The molecule has 6 nitrogen and oxygen atoms in total. The summed E-state index contributed by atoms with van der Waals surface area (Å²) < 4.78 is 6.02. The second-order valence-corrected chi connectivity index (χ2v) is 8.36. The van der Waals surface area contributed by atoms with Crippen LogP contribution in [0.3, 0.4) is 0 Å². The van der Waals surface area contributed by atoms with Crippen molar-refractivity contribution in [1.82, 2.24) is 21.5 Å². The lowest BCUT2D eigenvalue weighted by Gasteiger charge is -2.39. The summed E-state index contributed by atoms with van der Waals surface area (Å²) in [6.07, 6.45) is 0.0720. The van der Waals surface area contributed by atoms with Crippen LogP contribution in [0.15, 0.2) is 53.7 Å². The third-order valence-corrected chi connectivity index (χ3v) is 6.03. The van der Waals surface area contributed by atoms with Gasteiger partial charge in [-0.3, -0.25) is 10.2 Å². The first-order chi connectivity index (χ1) is 14.1. The van der Waals surface area contributed by atoms with Gasteiger partial charge < -0.3 is 15.4 Å². The number of fused-ring (bicyclic) bond motifs is 1. The zero-order valence-corrected chi connectivity index (χ0v) is 17.0. The van der Waals surface area contributed by atoms with Crippen molar-refractivity contribution >= 4 is 29.0 Å². The third kappa shape index (κ3) is 3.63. The van der Waals surface area contributed by atoms with Gasteiger partial charge in [-0.1, -0.05) is 35.3 Å². The first-order valence-corrected chi connectivity index (χ1v) is 10.3. The molecule has 8 heteroatoms. The number of benzene rings is 2. The van der Waals surface area contributed by atoms with Crippen molar-refractivity contribution in [2.45, 2.75) is 12.1 Å². The van der Waals surface area contributed by atoms with E-state index in [0.29, 0.717) is 34.6 Å². The van der Waals surface area contributed by atoms with Gasteiger partial charge in [0.05, 0.1) is 12.7 Å². The maximum Gasteiger partial charge on any atom is 0.175 e. The molecular formula is C21H20Cl2N4O2.